The molecule has 1 heterocycles. The number of likely N-dealkylation sites (tertiary alicyclic amines) is 1. The summed E-state index contributed by atoms with van der Waals surface area (Å²) in [7, 11) is 4.23. The van der Waals surface area contributed by atoms with Gasteiger partial charge in [-0.3, -0.25) is 9.69 Å². The molecule has 1 N–H and O–H groups in total. The number of ether oxygens (including phenoxy) is 1. The average Bonchev–Trinajstić information content (AvgIpc) is 2.62. The first-order valence-corrected chi connectivity index (χ1v) is 11.0. The zero-order valence-electron chi connectivity index (χ0n) is 18.8. The van der Waals surface area contributed by atoms with Gasteiger partial charge in [-0.15, -0.1) is 0 Å². The Morgan fingerprint density at radius 3 is 2.61 bits per heavy atom. The summed E-state index contributed by atoms with van der Waals surface area (Å²) < 4.78 is 6.10. The molecule has 3 atom stereocenters. The van der Waals surface area contributed by atoms with Crippen molar-refractivity contribution in [2.75, 3.05) is 46.9 Å². The number of carbonyl (C=O) groups excluding carboxylic acids is 1. The number of unbranched alkanes of at least 4 members (excludes halogenated alkanes) is 1. The van der Waals surface area contributed by atoms with Crippen molar-refractivity contribution >= 4 is 5.91 Å². The van der Waals surface area contributed by atoms with E-state index in [9.17, 15) is 4.79 Å². The van der Waals surface area contributed by atoms with E-state index in [1.165, 1.54) is 12.0 Å². The molecule has 3 unspecified atom stereocenters. The number of nitrogens with one attached hydrogen (secondary N) is 1. The molecule has 0 bridgehead atoms. The topological polar surface area (TPSA) is 44.8 Å². The van der Waals surface area contributed by atoms with Crippen LogP contribution in [0.25, 0.3) is 0 Å². The highest BCUT2D eigenvalue weighted by atomic mass is 16.5. The third-order valence-corrected chi connectivity index (χ3v) is 6.36. The smallest absolute Gasteiger partial charge is 0.219 e. The molecule has 1 aliphatic carbocycles. The van der Waals surface area contributed by atoms with Gasteiger partial charge in [-0.25, -0.2) is 0 Å². The molecule has 0 aromatic rings. The van der Waals surface area contributed by atoms with Crippen molar-refractivity contribution in [3.63, 3.8) is 0 Å². The summed E-state index contributed by atoms with van der Waals surface area (Å²) in [6.07, 6.45) is 7.34. The quantitative estimate of drug-likeness (QED) is 0.549. The molecule has 0 spiro atoms. The molecule has 160 valence electrons. The third kappa shape index (κ3) is 6.35. The molecule has 1 aliphatic heterocycles. The van der Waals surface area contributed by atoms with Crippen LogP contribution in [-0.2, 0) is 9.53 Å². The van der Waals surface area contributed by atoms with Gasteiger partial charge in [0.1, 0.15) is 0 Å². The van der Waals surface area contributed by atoms with Crippen LogP contribution in [0, 0.1) is 17.8 Å². The number of nitrogens with zero attached hydrogens (tertiary/aromatic N) is 2. The van der Waals surface area contributed by atoms with Gasteiger partial charge in [-0.2, -0.15) is 0 Å². The number of allylic oxidation sites excluding steroid dienone is 3. The van der Waals surface area contributed by atoms with Gasteiger partial charge in [0.05, 0.1) is 12.4 Å². The van der Waals surface area contributed by atoms with Gasteiger partial charge in [-0.1, -0.05) is 26.8 Å². The lowest BCUT2D eigenvalue weighted by Gasteiger charge is -2.46. The zero-order chi connectivity index (χ0) is 20.7. The first-order valence-electron chi connectivity index (χ1n) is 11.0. The minimum Gasteiger partial charge on any atom is -0.498 e. The summed E-state index contributed by atoms with van der Waals surface area (Å²) in [5.41, 5.74) is 1.50. The summed E-state index contributed by atoms with van der Waals surface area (Å²) in [5, 5.41) is 3.02. The molecule has 2 aliphatic rings. The van der Waals surface area contributed by atoms with Crippen molar-refractivity contribution in [2.24, 2.45) is 17.8 Å². The summed E-state index contributed by atoms with van der Waals surface area (Å²) in [5.74, 6) is 2.81. The van der Waals surface area contributed by atoms with Crippen LogP contribution in [0.1, 0.15) is 47.0 Å². The van der Waals surface area contributed by atoms with E-state index in [1.54, 1.807) is 0 Å². The van der Waals surface area contributed by atoms with Gasteiger partial charge < -0.3 is 15.0 Å². The lowest BCUT2D eigenvalue weighted by molar-refractivity contribution is -0.121. The van der Waals surface area contributed by atoms with Crippen LogP contribution < -0.4 is 5.32 Å². The molecule has 0 radical (unpaired) electrons. The molecule has 2 rings (SSSR count). The fourth-order valence-electron chi connectivity index (χ4n) is 4.09. The van der Waals surface area contributed by atoms with E-state index in [4.69, 9.17) is 4.74 Å². The first-order chi connectivity index (χ1) is 13.3. The van der Waals surface area contributed by atoms with Crippen LogP contribution in [0.4, 0.5) is 0 Å². The van der Waals surface area contributed by atoms with Gasteiger partial charge in [0.25, 0.3) is 0 Å². The number of carbonyl (C=O) groups is 1. The highest BCUT2D eigenvalue weighted by Gasteiger charge is 2.35. The van der Waals surface area contributed by atoms with Crippen molar-refractivity contribution in [1.82, 2.24) is 15.1 Å². The fraction of sp³-hybridized carbons (Fsp3) is 0.783. The van der Waals surface area contributed by atoms with Crippen molar-refractivity contribution in [3.05, 3.63) is 23.5 Å². The Morgan fingerprint density at radius 2 is 1.96 bits per heavy atom. The highest BCUT2D eigenvalue weighted by Crippen LogP contribution is 2.36. The maximum absolute atomic E-state index is 11.4. The fourth-order valence-corrected chi connectivity index (χ4v) is 4.09. The van der Waals surface area contributed by atoms with Gasteiger partial charge in [0, 0.05) is 43.9 Å². The Hall–Kier alpha value is -1.33. The highest BCUT2D eigenvalue weighted by molar-refractivity contribution is 5.75. The van der Waals surface area contributed by atoms with Crippen molar-refractivity contribution in [1.29, 1.82) is 0 Å². The molecule has 28 heavy (non-hydrogen) atoms. The maximum Gasteiger partial charge on any atom is 0.219 e. The van der Waals surface area contributed by atoms with Crippen LogP contribution in [0.15, 0.2) is 23.5 Å². The van der Waals surface area contributed by atoms with Crippen LogP contribution in [-0.4, -0.2) is 68.6 Å². The first kappa shape index (κ1) is 23.0. The SMILES string of the molecule is CCC(=O)NCC1CN(C(C)C2=CC=C(OCCCCN(C)C)C(C)C2C)C1. The maximum atomic E-state index is 11.4. The summed E-state index contributed by atoms with van der Waals surface area (Å²) in [6, 6.07) is 0.452. The van der Waals surface area contributed by atoms with Gasteiger partial charge in [-0.05, 0) is 58.0 Å². The Bertz CT molecular complexity index is 564. The van der Waals surface area contributed by atoms with E-state index in [0.717, 1.165) is 45.0 Å². The van der Waals surface area contributed by atoms with Crippen molar-refractivity contribution in [3.8, 4) is 0 Å². The molecule has 5 heteroatoms. The normalized spacial score (nSPS) is 24.4. The van der Waals surface area contributed by atoms with Crippen LogP contribution in [0.3, 0.4) is 0 Å². The molecule has 0 aromatic heterocycles. The van der Waals surface area contributed by atoms with Crippen LogP contribution in [0.5, 0.6) is 0 Å². The van der Waals surface area contributed by atoms with Crippen molar-refractivity contribution in [2.45, 2.75) is 53.0 Å². The second-order valence-corrected chi connectivity index (χ2v) is 8.83. The lowest BCUT2D eigenvalue weighted by atomic mass is 9.79. The number of amides is 1. The molecule has 1 amide bonds. The molecular weight excluding hydrogens is 350 g/mol. The van der Waals surface area contributed by atoms with E-state index in [2.05, 4.69) is 62.1 Å². The van der Waals surface area contributed by atoms with E-state index >= 15 is 0 Å². The Labute approximate surface area is 172 Å². The second kappa shape index (κ2) is 11.0. The number of hydrogen-bond acceptors (Lipinski definition) is 4. The number of rotatable bonds is 11. The molecule has 1 fully saturated rings. The Kier molecular flexibility index (Phi) is 9.03. The van der Waals surface area contributed by atoms with E-state index in [0.29, 0.717) is 30.2 Å². The standard InChI is InChI=1S/C23H41N3O2/c1-7-23(27)24-14-20-15-26(16-20)19(4)21-10-11-22(18(3)17(21)2)28-13-9-8-12-25(5)6/h10-11,17-20H,7-9,12-16H2,1-6H3,(H,24,27). The monoisotopic (exact) mass is 391 g/mol. The third-order valence-electron chi connectivity index (χ3n) is 6.36. The van der Waals surface area contributed by atoms with Crippen LogP contribution in [0.2, 0.25) is 0 Å². The van der Waals surface area contributed by atoms with E-state index < -0.39 is 0 Å². The predicted octanol–water partition coefficient (Wildman–Crippen LogP) is 3.29. The molecule has 5 nitrogen and oxygen atoms in total. The minimum absolute atomic E-state index is 0.156. The van der Waals surface area contributed by atoms with E-state index in [1.807, 2.05) is 6.92 Å². The van der Waals surface area contributed by atoms with Crippen molar-refractivity contribution < 1.29 is 9.53 Å². The molecule has 0 saturated carbocycles. The number of hydrogen-bond donors (Lipinski definition) is 1. The Morgan fingerprint density at radius 1 is 1.25 bits per heavy atom. The van der Waals surface area contributed by atoms with E-state index in [-0.39, 0.29) is 5.91 Å². The minimum atomic E-state index is 0.156. The average molecular weight is 392 g/mol. The second-order valence-electron chi connectivity index (χ2n) is 8.83. The summed E-state index contributed by atoms with van der Waals surface area (Å²) in [6.45, 7) is 13.7. The van der Waals surface area contributed by atoms with Gasteiger partial charge in [0.15, 0.2) is 0 Å². The molecular formula is C23H41N3O2. The molecule has 0 aromatic carbocycles. The van der Waals surface area contributed by atoms with Gasteiger partial charge in [0.2, 0.25) is 5.91 Å². The molecule has 1 saturated heterocycles. The zero-order valence-corrected chi connectivity index (χ0v) is 18.8. The summed E-state index contributed by atoms with van der Waals surface area (Å²) in [4.78, 5) is 16.2. The van der Waals surface area contributed by atoms with Crippen LogP contribution >= 0.6 is 0 Å². The largest absolute Gasteiger partial charge is 0.498 e. The predicted molar refractivity (Wildman–Crippen MR) is 116 cm³/mol. The summed E-state index contributed by atoms with van der Waals surface area (Å²) >= 11 is 0. The Balaban J connectivity index is 1.79. The lowest BCUT2D eigenvalue weighted by Crippen LogP contribution is -2.55. The van der Waals surface area contributed by atoms with Gasteiger partial charge >= 0.3 is 0 Å².